The van der Waals surface area contributed by atoms with Gasteiger partial charge in [0, 0.05) is 11.1 Å². The van der Waals surface area contributed by atoms with E-state index in [1.807, 2.05) is 42.6 Å². The second kappa shape index (κ2) is 5.33. The molecule has 1 aromatic carbocycles. The standard InChI is InChI=1S/C12H11NO2S2/c1-8-7-16-12(13-8)17-10(11(14)15)9-5-3-2-4-6-9/h2-7,10H,1H3,(H,14,15)/t10-/m0/s1. The molecule has 0 bridgehead atoms. The lowest BCUT2D eigenvalue weighted by atomic mass is 10.1. The van der Waals surface area contributed by atoms with E-state index < -0.39 is 11.2 Å². The van der Waals surface area contributed by atoms with Gasteiger partial charge in [0.05, 0.1) is 0 Å². The van der Waals surface area contributed by atoms with E-state index >= 15 is 0 Å². The Kier molecular flexibility index (Phi) is 3.81. The number of carboxylic acids is 1. The van der Waals surface area contributed by atoms with Crippen LogP contribution < -0.4 is 0 Å². The van der Waals surface area contributed by atoms with Gasteiger partial charge in [0.15, 0.2) is 4.34 Å². The molecule has 0 spiro atoms. The van der Waals surface area contributed by atoms with Gasteiger partial charge in [-0.1, -0.05) is 42.1 Å². The molecule has 1 atom stereocenters. The Labute approximate surface area is 108 Å². The van der Waals surface area contributed by atoms with Gasteiger partial charge in [-0.2, -0.15) is 0 Å². The highest BCUT2D eigenvalue weighted by Gasteiger charge is 2.22. The van der Waals surface area contributed by atoms with Gasteiger partial charge in [-0.15, -0.1) is 11.3 Å². The number of carbonyl (C=O) groups is 1. The fraction of sp³-hybridized carbons (Fsp3) is 0.167. The van der Waals surface area contributed by atoms with Crippen molar-refractivity contribution in [2.75, 3.05) is 0 Å². The average molecular weight is 265 g/mol. The van der Waals surface area contributed by atoms with E-state index in [0.717, 1.165) is 15.6 Å². The molecule has 0 aliphatic carbocycles. The summed E-state index contributed by atoms with van der Waals surface area (Å²) in [6.45, 7) is 1.90. The molecule has 1 heterocycles. The van der Waals surface area contributed by atoms with Crippen LogP contribution in [0.25, 0.3) is 0 Å². The van der Waals surface area contributed by atoms with Crippen molar-refractivity contribution in [3.05, 3.63) is 47.0 Å². The van der Waals surface area contributed by atoms with Crippen LogP contribution in [0.4, 0.5) is 0 Å². The van der Waals surface area contributed by atoms with Gasteiger partial charge >= 0.3 is 5.97 Å². The average Bonchev–Trinajstić information content (AvgIpc) is 2.73. The molecular formula is C12H11NO2S2. The quantitative estimate of drug-likeness (QED) is 0.861. The van der Waals surface area contributed by atoms with Crippen LogP contribution >= 0.6 is 23.1 Å². The molecule has 88 valence electrons. The van der Waals surface area contributed by atoms with Crippen molar-refractivity contribution in [1.82, 2.24) is 4.98 Å². The van der Waals surface area contributed by atoms with E-state index in [0.29, 0.717) is 0 Å². The predicted molar refractivity (Wildman–Crippen MR) is 69.5 cm³/mol. The Bertz CT molecular complexity index is 510. The van der Waals surface area contributed by atoms with Gasteiger partial charge in [0.1, 0.15) is 5.25 Å². The Morgan fingerprint density at radius 3 is 2.65 bits per heavy atom. The maximum Gasteiger partial charge on any atom is 0.321 e. The van der Waals surface area contributed by atoms with Crippen molar-refractivity contribution in [3.63, 3.8) is 0 Å². The van der Waals surface area contributed by atoms with Crippen molar-refractivity contribution in [2.24, 2.45) is 0 Å². The molecule has 0 unspecified atom stereocenters. The number of aliphatic carboxylic acids is 1. The van der Waals surface area contributed by atoms with E-state index in [9.17, 15) is 9.90 Å². The van der Waals surface area contributed by atoms with Crippen LogP contribution in [0.2, 0.25) is 0 Å². The van der Waals surface area contributed by atoms with E-state index in [-0.39, 0.29) is 0 Å². The summed E-state index contributed by atoms with van der Waals surface area (Å²) in [5, 5.41) is 10.6. The van der Waals surface area contributed by atoms with Gasteiger partial charge in [0.25, 0.3) is 0 Å². The zero-order valence-corrected chi connectivity index (χ0v) is 10.8. The molecule has 3 nitrogen and oxygen atoms in total. The maximum atomic E-state index is 11.3. The van der Waals surface area contributed by atoms with Crippen LogP contribution in [0.15, 0.2) is 40.1 Å². The van der Waals surface area contributed by atoms with Gasteiger partial charge in [-0.3, -0.25) is 4.79 Å². The van der Waals surface area contributed by atoms with Crippen LogP contribution in [0, 0.1) is 6.92 Å². The molecule has 5 heteroatoms. The second-order valence-corrected chi connectivity index (χ2v) is 5.71. The fourth-order valence-electron chi connectivity index (χ4n) is 1.38. The predicted octanol–water partition coefficient (Wildman–Crippen LogP) is 3.37. The molecule has 17 heavy (non-hydrogen) atoms. The third kappa shape index (κ3) is 3.08. The van der Waals surface area contributed by atoms with E-state index in [1.165, 1.54) is 23.1 Å². The van der Waals surface area contributed by atoms with Crippen LogP contribution in [-0.2, 0) is 4.79 Å². The normalized spacial score (nSPS) is 12.3. The molecular weight excluding hydrogens is 254 g/mol. The lowest BCUT2D eigenvalue weighted by Crippen LogP contribution is -2.07. The maximum absolute atomic E-state index is 11.3. The number of benzene rings is 1. The molecule has 0 amide bonds. The van der Waals surface area contributed by atoms with Gasteiger partial charge < -0.3 is 5.11 Å². The van der Waals surface area contributed by atoms with Crippen molar-refractivity contribution in [3.8, 4) is 0 Å². The summed E-state index contributed by atoms with van der Waals surface area (Å²) >= 11 is 2.76. The number of hydrogen-bond donors (Lipinski definition) is 1. The number of carboxylic acid groups (broad SMARTS) is 1. The number of nitrogens with zero attached hydrogens (tertiary/aromatic N) is 1. The Morgan fingerprint density at radius 1 is 1.41 bits per heavy atom. The van der Waals surface area contributed by atoms with Crippen molar-refractivity contribution < 1.29 is 9.90 Å². The second-order valence-electron chi connectivity index (χ2n) is 3.50. The largest absolute Gasteiger partial charge is 0.480 e. The highest BCUT2D eigenvalue weighted by Crippen LogP contribution is 2.36. The third-order valence-electron chi connectivity index (χ3n) is 2.14. The van der Waals surface area contributed by atoms with E-state index in [4.69, 9.17) is 0 Å². The highest BCUT2D eigenvalue weighted by atomic mass is 32.2. The third-order valence-corrected chi connectivity index (χ3v) is 4.47. The summed E-state index contributed by atoms with van der Waals surface area (Å²) in [7, 11) is 0. The van der Waals surface area contributed by atoms with E-state index in [1.54, 1.807) is 0 Å². The van der Waals surface area contributed by atoms with Crippen molar-refractivity contribution in [1.29, 1.82) is 0 Å². The summed E-state index contributed by atoms with van der Waals surface area (Å²) in [4.78, 5) is 15.5. The zero-order chi connectivity index (χ0) is 12.3. The Morgan fingerprint density at radius 2 is 2.12 bits per heavy atom. The first-order valence-corrected chi connectivity index (χ1v) is 6.79. The smallest absolute Gasteiger partial charge is 0.321 e. The molecule has 2 aromatic rings. The van der Waals surface area contributed by atoms with Gasteiger partial charge in [-0.25, -0.2) is 4.98 Å². The minimum absolute atomic E-state index is 0.596. The number of thiazole rings is 1. The fourth-order valence-corrected chi connectivity index (χ4v) is 3.34. The molecule has 0 radical (unpaired) electrons. The van der Waals surface area contributed by atoms with Gasteiger partial charge in [-0.05, 0) is 12.5 Å². The summed E-state index contributed by atoms with van der Waals surface area (Å²) in [6, 6.07) is 9.22. The topological polar surface area (TPSA) is 50.2 Å². The molecule has 1 aromatic heterocycles. The minimum atomic E-state index is -0.839. The summed E-state index contributed by atoms with van der Waals surface area (Å²) in [5.41, 5.74) is 1.72. The first kappa shape index (κ1) is 12.1. The number of hydrogen-bond acceptors (Lipinski definition) is 4. The SMILES string of the molecule is Cc1csc(S[C@H](C(=O)O)c2ccccc2)n1. The Hall–Kier alpha value is -1.33. The molecule has 0 saturated heterocycles. The molecule has 0 fully saturated rings. The summed E-state index contributed by atoms with van der Waals surface area (Å²) < 4.78 is 0.791. The number of aryl methyl sites for hydroxylation is 1. The molecule has 1 N–H and O–H groups in total. The lowest BCUT2D eigenvalue weighted by Gasteiger charge is -2.09. The lowest BCUT2D eigenvalue weighted by molar-refractivity contribution is -0.136. The van der Waals surface area contributed by atoms with Crippen LogP contribution in [0.5, 0.6) is 0 Å². The van der Waals surface area contributed by atoms with Crippen LogP contribution in [-0.4, -0.2) is 16.1 Å². The molecule has 0 saturated carbocycles. The highest BCUT2D eigenvalue weighted by molar-refractivity contribution is 8.01. The minimum Gasteiger partial charge on any atom is -0.480 e. The van der Waals surface area contributed by atoms with Crippen molar-refractivity contribution in [2.45, 2.75) is 16.5 Å². The Balaban J connectivity index is 2.22. The number of thioether (sulfide) groups is 1. The number of aromatic nitrogens is 1. The first-order valence-electron chi connectivity index (χ1n) is 5.03. The van der Waals surface area contributed by atoms with Crippen LogP contribution in [0.1, 0.15) is 16.5 Å². The molecule has 0 aliphatic heterocycles. The molecule has 2 rings (SSSR count). The van der Waals surface area contributed by atoms with E-state index in [2.05, 4.69) is 4.98 Å². The van der Waals surface area contributed by atoms with Crippen molar-refractivity contribution >= 4 is 29.1 Å². The summed E-state index contributed by atoms with van der Waals surface area (Å²) in [6.07, 6.45) is 0. The monoisotopic (exact) mass is 265 g/mol. The van der Waals surface area contributed by atoms with Crippen LogP contribution in [0.3, 0.4) is 0 Å². The van der Waals surface area contributed by atoms with Gasteiger partial charge in [0.2, 0.25) is 0 Å². The first-order chi connectivity index (χ1) is 8.16. The molecule has 0 aliphatic rings. The summed E-state index contributed by atoms with van der Waals surface area (Å²) in [5.74, 6) is -0.839. The number of rotatable bonds is 4. The zero-order valence-electron chi connectivity index (χ0n) is 9.16.